The fourth-order valence-electron chi connectivity index (χ4n) is 2.49. The lowest BCUT2D eigenvalue weighted by Gasteiger charge is -2.11. The summed E-state index contributed by atoms with van der Waals surface area (Å²) in [4.78, 5) is 13.2. The topological polar surface area (TPSA) is 64.9 Å². The summed E-state index contributed by atoms with van der Waals surface area (Å²) in [5, 5.41) is 16.1. The molecule has 0 bridgehead atoms. The number of thiophene rings is 1. The Labute approximate surface area is 117 Å². The van der Waals surface area contributed by atoms with Gasteiger partial charge in [-0.2, -0.15) is 5.26 Å². The Balaban J connectivity index is 2.04. The molecule has 0 aromatic carbocycles. The minimum atomic E-state index is -0.0233. The molecule has 2 N–H and O–H groups in total. The lowest BCUT2D eigenvalue weighted by molar-refractivity contribution is -0.116. The first-order valence-corrected chi connectivity index (χ1v) is 7.55. The molecule has 4 nitrogen and oxygen atoms in total. The normalized spacial score (nSPS) is 14.8. The number of nitrogens with one attached hydrogen (secondary N) is 2. The zero-order valence-electron chi connectivity index (χ0n) is 11.4. The Hall–Kier alpha value is -1.38. The molecule has 0 fully saturated rings. The van der Waals surface area contributed by atoms with Gasteiger partial charge in [-0.25, -0.2) is 0 Å². The molecule has 0 saturated carbocycles. The monoisotopic (exact) mass is 277 g/mol. The van der Waals surface area contributed by atoms with Crippen LogP contribution in [0.15, 0.2) is 0 Å². The van der Waals surface area contributed by atoms with Crippen molar-refractivity contribution in [2.75, 3.05) is 11.9 Å². The SMILES string of the molecule is CCNC(C)CC(=O)Nc1sc2c(c1C#N)CCC2. The molecule has 19 heavy (non-hydrogen) atoms. The van der Waals surface area contributed by atoms with Gasteiger partial charge >= 0.3 is 0 Å². The van der Waals surface area contributed by atoms with Crippen LogP contribution in [0, 0.1) is 11.3 Å². The van der Waals surface area contributed by atoms with Crippen molar-refractivity contribution < 1.29 is 4.79 Å². The predicted molar refractivity (Wildman–Crippen MR) is 77.4 cm³/mol. The molecule has 0 aliphatic heterocycles. The Morgan fingerprint density at radius 2 is 2.32 bits per heavy atom. The third kappa shape index (κ3) is 3.14. The van der Waals surface area contributed by atoms with Crippen molar-refractivity contribution in [1.82, 2.24) is 5.32 Å². The van der Waals surface area contributed by atoms with E-state index in [0.29, 0.717) is 12.0 Å². The van der Waals surface area contributed by atoms with E-state index in [-0.39, 0.29) is 11.9 Å². The van der Waals surface area contributed by atoms with Crippen LogP contribution in [-0.2, 0) is 17.6 Å². The summed E-state index contributed by atoms with van der Waals surface area (Å²) in [7, 11) is 0. The average Bonchev–Trinajstić information content (AvgIpc) is 2.88. The predicted octanol–water partition coefficient (Wildman–Crippen LogP) is 2.44. The quantitative estimate of drug-likeness (QED) is 0.868. The lowest BCUT2D eigenvalue weighted by Crippen LogP contribution is -2.30. The number of amides is 1. The third-order valence-electron chi connectivity index (χ3n) is 3.33. The van der Waals surface area contributed by atoms with Crippen LogP contribution in [0.4, 0.5) is 5.00 Å². The molecule has 0 saturated heterocycles. The highest BCUT2D eigenvalue weighted by molar-refractivity contribution is 7.16. The Bertz CT molecular complexity index is 515. The standard InChI is InChI=1S/C14H19N3OS/c1-3-16-9(2)7-13(18)17-14-11(8-15)10-5-4-6-12(10)19-14/h9,16H,3-7H2,1-2H3,(H,17,18). The maximum Gasteiger partial charge on any atom is 0.226 e. The van der Waals surface area contributed by atoms with Crippen molar-refractivity contribution in [2.45, 2.75) is 45.6 Å². The van der Waals surface area contributed by atoms with Gasteiger partial charge in [0.2, 0.25) is 5.91 Å². The fourth-order valence-corrected chi connectivity index (χ4v) is 3.74. The van der Waals surface area contributed by atoms with Crippen molar-refractivity contribution >= 4 is 22.2 Å². The summed E-state index contributed by atoms with van der Waals surface area (Å²) in [5.74, 6) is -0.0233. The second-order valence-electron chi connectivity index (χ2n) is 4.88. The minimum Gasteiger partial charge on any atom is -0.317 e. The largest absolute Gasteiger partial charge is 0.317 e. The van der Waals surface area contributed by atoms with Gasteiger partial charge in [-0.15, -0.1) is 11.3 Å². The highest BCUT2D eigenvalue weighted by Crippen LogP contribution is 2.38. The van der Waals surface area contributed by atoms with E-state index >= 15 is 0 Å². The fraction of sp³-hybridized carbons (Fsp3) is 0.571. The zero-order valence-corrected chi connectivity index (χ0v) is 12.2. The van der Waals surface area contributed by atoms with Crippen LogP contribution >= 0.6 is 11.3 Å². The van der Waals surface area contributed by atoms with Gasteiger partial charge in [-0.05, 0) is 38.3 Å². The summed E-state index contributed by atoms with van der Waals surface area (Å²) < 4.78 is 0. The molecule has 2 rings (SSSR count). The zero-order chi connectivity index (χ0) is 13.8. The van der Waals surface area contributed by atoms with E-state index in [1.807, 2.05) is 13.8 Å². The highest BCUT2D eigenvalue weighted by Gasteiger charge is 2.23. The number of carbonyl (C=O) groups is 1. The summed E-state index contributed by atoms with van der Waals surface area (Å²) in [6, 6.07) is 2.39. The maximum absolute atomic E-state index is 11.9. The van der Waals surface area contributed by atoms with Gasteiger partial charge in [-0.1, -0.05) is 6.92 Å². The van der Waals surface area contributed by atoms with Crippen molar-refractivity contribution in [3.63, 3.8) is 0 Å². The Morgan fingerprint density at radius 3 is 3.00 bits per heavy atom. The second-order valence-corrected chi connectivity index (χ2v) is 5.99. The molecule has 1 unspecified atom stereocenters. The molecule has 1 aromatic heterocycles. The first kappa shape index (κ1) is 14.0. The number of nitriles is 1. The molecule has 102 valence electrons. The van der Waals surface area contributed by atoms with E-state index < -0.39 is 0 Å². The van der Waals surface area contributed by atoms with Crippen LogP contribution in [0.1, 0.15) is 42.7 Å². The Kier molecular flexibility index (Phi) is 4.56. The van der Waals surface area contributed by atoms with Gasteiger partial charge in [0.1, 0.15) is 11.1 Å². The summed E-state index contributed by atoms with van der Waals surface area (Å²) >= 11 is 1.57. The molecule has 1 heterocycles. The molecular weight excluding hydrogens is 258 g/mol. The molecule has 0 radical (unpaired) electrons. The smallest absolute Gasteiger partial charge is 0.226 e. The average molecular weight is 277 g/mol. The van der Waals surface area contributed by atoms with E-state index in [1.165, 1.54) is 4.88 Å². The number of fused-ring (bicyclic) bond motifs is 1. The number of hydrogen-bond donors (Lipinski definition) is 2. The molecular formula is C14H19N3OS. The van der Waals surface area contributed by atoms with Gasteiger partial charge < -0.3 is 10.6 Å². The van der Waals surface area contributed by atoms with Crippen molar-refractivity contribution in [3.8, 4) is 6.07 Å². The molecule has 1 aliphatic carbocycles. The van der Waals surface area contributed by atoms with Crippen LogP contribution in [0.3, 0.4) is 0 Å². The number of nitrogens with zero attached hydrogens (tertiary/aromatic N) is 1. The highest BCUT2D eigenvalue weighted by atomic mass is 32.1. The van der Waals surface area contributed by atoms with Crippen LogP contribution in [0.2, 0.25) is 0 Å². The summed E-state index contributed by atoms with van der Waals surface area (Å²) in [6.07, 6.45) is 3.57. The molecule has 5 heteroatoms. The summed E-state index contributed by atoms with van der Waals surface area (Å²) in [5.41, 5.74) is 1.84. The molecule has 1 aliphatic rings. The molecule has 0 spiro atoms. The lowest BCUT2D eigenvalue weighted by atomic mass is 10.1. The number of carbonyl (C=O) groups excluding carboxylic acids is 1. The maximum atomic E-state index is 11.9. The van der Waals surface area contributed by atoms with E-state index in [1.54, 1.807) is 11.3 Å². The molecule has 1 amide bonds. The van der Waals surface area contributed by atoms with Crippen molar-refractivity contribution in [2.24, 2.45) is 0 Å². The third-order valence-corrected chi connectivity index (χ3v) is 4.54. The van der Waals surface area contributed by atoms with Gasteiger partial charge in [-0.3, -0.25) is 4.79 Å². The van der Waals surface area contributed by atoms with E-state index in [9.17, 15) is 10.1 Å². The second kappa shape index (κ2) is 6.18. The van der Waals surface area contributed by atoms with E-state index in [4.69, 9.17) is 0 Å². The van der Waals surface area contributed by atoms with Gasteiger partial charge in [0, 0.05) is 17.3 Å². The van der Waals surface area contributed by atoms with Crippen molar-refractivity contribution in [1.29, 1.82) is 5.26 Å². The summed E-state index contributed by atoms with van der Waals surface area (Å²) in [6.45, 7) is 4.86. The molecule has 1 aromatic rings. The first-order chi connectivity index (χ1) is 9.15. The number of rotatable bonds is 5. The van der Waals surface area contributed by atoms with Crippen LogP contribution in [0.5, 0.6) is 0 Å². The van der Waals surface area contributed by atoms with Gasteiger partial charge in [0.25, 0.3) is 0 Å². The van der Waals surface area contributed by atoms with Gasteiger partial charge in [0.05, 0.1) is 5.56 Å². The van der Waals surface area contributed by atoms with Crippen molar-refractivity contribution in [3.05, 3.63) is 16.0 Å². The number of hydrogen-bond acceptors (Lipinski definition) is 4. The van der Waals surface area contributed by atoms with Gasteiger partial charge in [0.15, 0.2) is 0 Å². The Morgan fingerprint density at radius 1 is 1.53 bits per heavy atom. The van der Waals surface area contributed by atoms with Crippen LogP contribution in [0.25, 0.3) is 0 Å². The van der Waals surface area contributed by atoms with E-state index in [0.717, 1.165) is 36.4 Å². The minimum absolute atomic E-state index is 0.0233. The number of anilines is 1. The first-order valence-electron chi connectivity index (χ1n) is 6.73. The van der Waals surface area contributed by atoms with E-state index in [2.05, 4.69) is 16.7 Å². The van der Waals surface area contributed by atoms with Crippen LogP contribution in [-0.4, -0.2) is 18.5 Å². The number of aryl methyl sites for hydroxylation is 1. The molecule has 1 atom stereocenters. The van der Waals surface area contributed by atoms with Crippen LogP contribution < -0.4 is 10.6 Å².